The number of carbonyl (C=O) groups is 2. The van der Waals surface area contributed by atoms with Crippen molar-refractivity contribution in [1.29, 1.82) is 0 Å². The first-order valence-corrected chi connectivity index (χ1v) is 5.87. The van der Waals surface area contributed by atoms with Crippen molar-refractivity contribution in [3.63, 3.8) is 0 Å². The van der Waals surface area contributed by atoms with Gasteiger partial charge in [0.2, 0.25) is 0 Å². The zero-order valence-electron chi connectivity index (χ0n) is 12.0. The highest BCUT2D eigenvalue weighted by Gasteiger charge is 2.13. The van der Waals surface area contributed by atoms with Crippen LogP contribution in [0.1, 0.15) is 36.7 Å². The molecule has 1 rings (SSSR count). The number of aryl methyl sites for hydroxylation is 1. The van der Waals surface area contributed by atoms with E-state index in [2.05, 4.69) is 5.32 Å². The Labute approximate surface area is 113 Å². The highest BCUT2D eigenvalue weighted by molar-refractivity contribution is 5.89. The van der Waals surface area contributed by atoms with Gasteiger partial charge in [-0.3, -0.25) is 0 Å². The number of hydrogen-bond acceptors (Lipinski definition) is 3. The predicted octanol–water partition coefficient (Wildman–Crippen LogP) is 2.83. The lowest BCUT2D eigenvalue weighted by molar-refractivity contribution is 0.0541. The van der Waals surface area contributed by atoms with Crippen LogP contribution in [0.2, 0.25) is 0 Å². The second kappa shape index (κ2) is 7.41. The molecule has 0 aliphatic heterocycles. The van der Waals surface area contributed by atoms with Gasteiger partial charge in [-0.2, -0.15) is 0 Å². The first-order valence-electron chi connectivity index (χ1n) is 5.87. The Balaban J connectivity index is 0.000000344. The Morgan fingerprint density at radius 3 is 2.00 bits per heavy atom. The summed E-state index contributed by atoms with van der Waals surface area (Å²) in [6.45, 7) is 7.25. The van der Waals surface area contributed by atoms with Crippen LogP contribution in [0.5, 0.6) is 0 Å². The molecule has 106 valence electrons. The van der Waals surface area contributed by atoms with E-state index in [9.17, 15) is 9.59 Å². The van der Waals surface area contributed by atoms with Gasteiger partial charge in [-0.1, -0.05) is 18.2 Å². The van der Waals surface area contributed by atoms with Crippen molar-refractivity contribution in [2.75, 3.05) is 7.05 Å². The summed E-state index contributed by atoms with van der Waals surface area (Å²) in [5.74, 6) is -0.863. The van der Waals surface area contributed by atoms with Gasteiger partial charge in [-0.25, -0.2) is 9.59 Å². The monoisotopic (exact) mass is 267 g/mol. The van der Waals surface area contributed by atoms with Gasteiger partial charge >= 0.3 is 12.1 Å². The van der Waals surface area contributed by atoms with E-state index >= 15 is 0 Å². The van der Waals surface area contributed by atoms with E-state index in [1.807, 2.05) is 26.8 Å². The molecule has 0 heterocycles. The lowest BCUT2D eigenvalue weighted by Gasteiger charge is -2.18. The molecule has 1 amide bonds. The topological polar surface area (TPSA) is 75.6 Å². The van der Waals surface area contributed by atoms with Gasteiger partial charge in [-0.05, 0) is 39.3 Å². The van der Waals surface area contributed by atoms with Crippen molar-refractivity contribution >= 4 is 12.1 Å². The largest absolute Gasteiger partial charge is 0.478 e. The maximum absolute atomic E-state index is 10.5. The van der Waals surface area contributed by atoms with E-state index < -0.39 is 5.97 Å². The second-order valence-electron chi connectivity index (χ2n) is 4.87. The first-order chi connectivity index (χ1) is 8.67. The maximum atomic E-state index is 10.5. The van der Waals surface area contributed by atoms with Gasteiger partial charge in [0.25, 0.3) is 0 Å². The van der Waals surface area contributed by atoms with Crippen LogP contribution in [0.25, 0.3) is 0 Å². The van der Waals surface area contributed by atoms with Gasteiger partial charge in [0, 0.05) is 7.05 Å². The molecule has 1 aromatic carbocycles. The Morgan fingerprint density at radius 1 is 1.21 bits per heavy atom. The third-order valence-corrected chi connectivity index (χ3v) is 1.98. The molecule has 0 bridgehead atoms. The lowest BCUT2D eigenvalue weighted by atomic mass is 10.1. The number of hydrogen-bond donors (Lipinski definition) is 2. The standard InChI is InChI=1S/C8H8O2.C6H13NO2/c1-6-4-2-3-5-7(6)8(9)10;1-6(2,3)9-5(8)7-4/h2-5H,1H3,(H,9,10);1-4H3,(H,7,8). The lowest BCUT2D eigenvalue weighted by Crippen LogP contribution is -2.30. The van der Waals surface area contributed by atoms with Crippen LogP contribution in [0.3, 0.4) is 0 Å². The van der Waals surface area contributed by atoms with Gasteiger partial charge in [0.15, 0.2) is 0 Å². The quantitative estimate of drug-likeness (QED) is 0.820. The second-order valence-corrected chi connectivity index (χ2v) is 4.87. The highest BCUT2D eigenvalue weighted by Crippen LogP contribution is 2.06. The van der Waals surface area contributed by atoms with Crippen LogP contribution in [0, 0.1) is 6.92 Å². The molecule has 0 aliphatic rings. The van der Waals surface area contributed by atoms with E-state index in [-0.39, 0.29) is 11.7 Å². The normalized spacial score (nSPS) is 9.95. The molecule has 2 N–H and O–H groups in total. The fourth-order valence-corrected chi connectivity index (χ4v) is 1.14. The third kappa shape index (κ3) is 7.81. The summed E-state index contributed by atoms with van der Waals surface area (Å²) in [6, 6.07) is 6.92. The number of nitrogens with one attached hydrogen (secondary N) is 1. The van der Waals surface area contributed by atoms with Gasteiger partial charge in [0.1, 0.15) is 5.60 Å². The molecule has 0 saturated carbocycles. The Morgan fingerprint density at radius 2 is 1.74 bits per heavy atom. The van der Waals surface area contributed by atoms with Crippen molar-refractivity contribution < 1.29 is 19.4 Å². The van der Waals surface area contributed by atoms with E-state index in [0.29, 0.717) is 5.56 Å². The molecule has 5 nitrogen and oxygen atoms in total. The summed E-state index contributed by atoms with van der Waals surface area (Å²) >= 11 is 0. The molecular weight excluding hydrogens is 246 g/mol. The number of carbonyl (C=O) groups excluding carboxylic acids is 1. The summed E-state index contributed by atoms with van der Waals surface area (Å²) in [5, 5.41) is 10.9. The molecule has 1 aromatic rings. The predicted molar refractivity (Wildman–Crippen MR) is 73.4 cm³/mol. The smallest absolute Gasteiger partial charge is 0.407 e. The summed E-state index contributed by atoms with van der Waals surface area (Å²) in [4.78, 5) is 20.9. The fourth-order valence-electron chi connectivity index (χ4n) is 1.14. The summed E-state index contributed by atoms with van der Waals surface area (Å²) in [6.07, 6.45) is -0.387. The first kappa shape index (κ1) is 17.0. The number of carboxylic acid groups (broad SMARTS) is 1. The number of aromatic carboxylic acids is 1. The van der Waals surface area contributed by atoms with Crippen molar-refractivity contribution in [1.82, 2.24) is 5.32 Å². The van der Waals surface area contributed by atoms with E-state index in [1.165, 1.54) is 7.05 Å². The van der Waals surface area contributed by atoms with Crippen LogP contribution in [-0.4, -0.2) is 29.8 Å². The van der Waals surface area contributed by atoms with E-state index in [0.717, 1.165) is 5.56 Å². The molecule has 0 aromatic heterocycles. The minimum absolute atomic E-state index is 0.377. The van der Waals surface area contributed by atoms with Crippen molar-refractivity contribution in [3.05, 3.63) is 35.4 Å². The molecule has 5 heteroatoms. The maximum Gasteiger partial charge on any atom is 0.407 e. The highest BCUT2D eigenvalue weighted by atomic mass is 16.6. The molecule has 19 heavy (non-hydrogen) atoms. The average Bonchev–Trinajstić information content (AvgIpc) is 2.27. The van der Waals surface area contributed by atoms with Gasteiger partial charge in [-0.15, -0.1) is 0 Å². The third-order valence-electron chi connectivity index (χ3n) is 1.98. The van der Waals surface area contributed by atoms with Crippen molar-refractivity contribution in [2.24, 2.45) is 0 Å². The van der Waals surface area contributed by atoms with Crippen molar-refractivity contribution in [2.45, 2.75) is 33.3 Å². The molecule has 0 spiro atoms. The van der Waals surface area contributed by atoms with Crippen LogP contribution in [-0.2, 0) is 4.74 Å². The fraction of sp³-hybridized carbons (Fsp3) is 0.429. The number of carboxylic acids is 1. The van der Waals surface area contributed by atoms with Crippen LogP contribution < -0.4 is 5.32 Å². The molecule has 0 radical (unpaired) electrons. The zero-order chi connectivity index (χ0) is 15.1. The number of alkyl carbamates (subject to hydrolysis) is 1. The summed E-state index contributed by atoms with van der Waals surface area (Å²) < 4.78 is 4.84. The molecular formula is C14H21NO4. The van der Waals surface area contributed by atoms with Gasteiger partial charge in [0.05, 0.1) is 5.56 Å². The van der Waals surface area contributed by atoms with Gasteiger partial charge < -0.3 is 15.2 Å². The average molecular weight is 267 g/mol. The van der Waals surface area contributed by atoms with Crippen LogP contribution in [0.4, 0.5) is 4.79 Å². The number of amides is 1. The summed E-state index contributed by atoms with van der Waals surface area (Å²) in [7, 11) is 1.54. The molecule has 0 aliphatic carbocycles. The minimum Gasteiger partial charge on any atom is -0.478 e. The minimum atomic E-state index is -0.863. The van der Waals surface area contributed by atoms with Crippen LogP contribution >= 0.6 is 0 Å². The van der Waals surface area contributed by atoms with Crippen LogP contribution in [0.15, 0.2) is 24.3 Å². The molecule has 0 atom stereocenters. The molecule has 0 fully saturated rings. The Hall–Kier alpha value is -2.04. The van der Waals surface area contributed by atoms with E-state index in [4.69, 9.17) is 9.84 Å². The number of benzene rings is 1. The summed E-state index contributed by atoms with van der Waals surface area (Å²) in [5.41, 5.74) is 0.789. The van der Waals surface area contributed by atoms with E-state index in [1.54, 1.807) is 25.1 Å². The number of ether oxygens (including phenoxy) is 1. The molecule has 0 saturated heterocycles. The SMILES string of the molecule is CNC(=O)OC(C)(C)C.Cc1ccccc1C(=O)O. The Kier molecular flexibility index (Phi) is 6.61. The molecule has 0 unspecified atom stereocenters. The number of rotatable bonds is 1. The van der Waals surface area contributed by atoms with Crippen molar-refractivity contribution in [3.8, 4) is 0 Å². The zero-order valence-corrected chi connectivity index (χ0v) is 12.0. The Bertz CT molecular complexity index is 435.